The van der Waals surface area contributed by atoms with Crippen LogP contribution in [0, 0.1) is 20.8 Å². The van der Waals surface area contributed by atoms with Crippen molar-refractivity contribution in [2.24, 2.45) is 0 Å². The van der Waals surface area contributed by atoms with E-state index in [-0.39, 0.29) is 18.0 Å². The third-order valence-corrected chi connectivity index (χ3v) is 7.18. The number of aryl methyl sites for hydroxylation is 3. The van der Waals surface area contributed by atoms with Gasteiger partial charge in [0, 0.05) is 24.3 Å². The number of nitrogens with one attached hydrogen (secondary N) is 1. The van der Waals surface area contributed by atoms with Gasteiger partial charge in [0.15, 0.2) is 10.6 Å². The summed E-state index contributed by atoms with van der Waals surface area (Å²) in [6.45, 7) is 8.44. The molecule has 8 nitrogen and oxygen atoms in total. The normalized spacial score (nSPS) is 13.9. The molecule has 0 spiro atoms. The first-order valence-corrected chi connectivity index (χ1v) is 12.4. The van der Waals surface area contributed by atoms with E-state index in [4.69, 9.17) is 9.72 Å². The molecule has 1 saturated heterocycles. The predicted molar refractivity (Wildman–Crippen MR) is 139 cm³/mol. The zero-order valence-electron chi connectivity index (χ0n) is 20.0. The van der Waals surface area contributed by atoms with Gasteiger partial charge < -0.3 is 15.0 Å². The fourth-order valence-electron chi connectivity index (χ4n) is 4.42. The molecule has 0 atom stereocenters. The van der Waals surface area contributed by atoms with Crippen molar-refractivity contribution in [2.45, 2.75) is 27.3 Å². The molecule has 0 unspecified atom stereocenters. The first-order chi connectivity index (χ1) is 16.9. The van der Waals surface area contributed by atoms with Gasteiger partial charge in [-0.2, -0.15) is 5.10 Å². The molecule has 35 heavy (non-hydrogen) atoms. The number of amides is 1. The quantitative estimate of drug-likeness (QED) is 0.457. The highest BCUT2D eigenvalue weighted by Crippen LogP contribution is 2.34. The fraction of sp³-hybridized carbons (Fsp3) is 0.308. The Balaban J connectivity index is 1.54. The van der Waals surface area contributed by atoms with Crippen LogP contribution in [0.5, 0.6) is 0 Å². The summed E-state index contributed by atoms with van der Waals surface area (Å²) in [5.74, 6) is -0.309. The summed E-state index contributed by atoms with van der Waals surface area (Å²) in [4.78, 5) is 33.2. The molecule has 1 aliphatic rings. The van der Waals surface area contributed by atoms with Crippen molar-refractivity contribution in [3.05, 3.63) is 69.5 Å². The lowest BCUT2D eigenvalue weighted by Gasteiger charge is -2.25. The van der Waals surface area contributed by atoms with E-state index in [1.807, 2.05) is 63.2 Å². The number of nitrogens with zero attached hydrogens (tertiary/aromatic N) is 4. The summed E-state index contributed by atoms with van der Waals surface area (Å²) < 4.78 is 7.41. The molecule has 0 aliphatic carbocycles. The Morgan fingerprint density at radius 2 is 1.77 bits per heavy atom. The van der Waals surface area contributed by atoms with E-state index in [1.54, 1.807) is 0 Å². The SMILES string of the molecule is Cc1cc(C)c(NC(=O)Cn2nc(-c3ccccc3)c3sc(N4CCOCC4)nc3c2=O)c(C)c1. The van der Waals surface area contributed by atoms with Crippen LogP contribution < -0.4 is 15.8 Å². The van der Waals surface area contributed by atoms with Crippen LogP contribution in [0.25, 0.3) is 21.5 Å². The minimum Gasteiger partial charge on any atom is -0.378 e. The molecule has 4 aromatic rings. The molecule has 9 heteroatoms. The molecule has 1 N–H and O–H groups in total. The number of hydrogen-bond donors (Lipinski definition) is 1. The van der Waals surface area contributed by atoms with Gasteiger partial charge in [0.05, 0.1) is 17.9 Å². The highest BCUT2D eigenvalue weighted by Gasteiger charge is 2.22. The summed E-state index contributed by atoms with van der Waals surface area (Å²) in [5, 5.41) is 8.38. The van der Waals surface area contributed by atoms with E-state index in [1.165, 1.54) is 16.0 Å². The van der Waals surface area contributed by atoms with Gasteiger partial charge >= 0.3 is 0 Å². The number of ether oxygens (including phenoxy) is 1. The van der Waals surface area contributed by atoms with E-state index in [0.29, 0.717) is 24.4 Å². The van der Waals surface area contributed by atoms with Crippen LogP contribution in [0.3, 0.4) is 0 Å². The van der Waals surface area contributed by atoms with Crippen molar-refractivity contribution in [1.82, 2.24) is 14.8 Å². The maximum Gasteiger partial charge on any atom is 0.294 e. The summed E-state index contributed by atoms with van der Waals surface area (Å²) in [5.41, 5.74) is 5.33. The maximum atomic E-state index is 13.4. The number of carbonyl (C=O) groups is 1. The third kappa shape index (κ3) is 4.69. The van der Waals surface area contributed by atoms with Gasteiger partial charge in [-0.05, 0) is 31.9 Å². The monoisotopic (exact) mass is 489 g/mol. The Morgan fingerprint density at radius 3 is 2.46 bits per heavy atom. The molecular formula is C26H27N5O3S. The second kappa shape index (κ2) is 9.59. The molecule has 1 fully saturated rings. The number of anilines is 2. The molecule has 0 radical (unpaired) electrons. The smallest absolute Gasteiger partial charge is 0.294 e. The second-order valence-electron chi connectivity index (χ2n) is 8.77. The minimum absolute atomic E-state index is 0.203. The van der Waals surface area contributed by atoms with Gasteiger partial charge in [-0.3, -0.25) is 9.59 Å². The Hall–Kier alpha value is -3.56. The van der Waals surface area contributed by atoms with Crippen molar-refractivity contribution in [1.29, 1.82) is 0 Å². The number of fused-ring (bicyclic) bond motifs is 1. The standard InChI is InChI=1S/C26H27N5O3S/c1-16-13-17(2)21(18(3)14-16)27-20(32)15-31-25(33)23-24(22(29-31)19-7-5-4-6-8-19)35-26(28-23)30-9-11-34-12-10-30/h4-8,13-14H,9-12,15H2,1-3H3,(H,27,32). The van der Waals surface area contributed by atoms with Gasteiger partial charge in [-0.25, -0.2) is 9.67 Å². The van der Waals surface area contributed by atoms with Crippen LogP contribution >= 0.6 is 11.3 Å². The number of morpholine rings is 1. The van der Waals surface area contributed by atoms with Crippen LogP contribution in [0.1, 0.15) is 16.7 Å². The van der Waals surface area contributed by atoms with Crippen molar-refractivity contribution >= 4 is 38.3 Å². The Kier molecular flexibility index (Phi) is 6.36. The average Bonchev–Trinajstić information content (AvgIpc) is 3.30. The number of aromatic nitrogens is 3. The minimum atomic E-state index is -0.372. The fourth-order valence-corrected chi connectivity index (χ4v) is 5.54. The van der Waals surface area contributed by atoms with Gasteiger partial charge in [0.1, 0.15) is 12.2 Å². The molecule has 5 rings (SSSR count). The van der Waals surface area contributed by atoms with E-state index >= 15 is 0 Å². The predicted octanol–water partition coefficient (Wildman–Crippen LogP) is 3.92. The molecule has 1 aliphatic heterocycles. The Labute approximate surface area is 207 Å². The maximum absolute atomic E-state index is 13.4. The first kappa shape index (κ1) is 23.2. The van der Waals surface area contributed by atoms with Gasteiger partial charge in [0.25, 0.3) is 5.56 Å². The van der Waals surface area contributed by atoms with Crippen LogP contribution in [0.4, 0.5) is 10.8 Å². The zero-order chi connectivity index (χ0) is 24.5. The van der Waals surface area contributed by atoms with Crippen molar-refractivity contribution in [2.75, 3.05) is 36.5 Å². The van der Waals surface area contributed by atoms with Gasteiger partial charge in [0.2, 0.25) is 5.91 Å². The molecule has 0 saturated carbocycles. The molecule has 2 aromatic heterocycles. The van der Waals surface area contributed by atoms with Gasteiger partial charge in [-0.15, -0.1) is 0 Å². The first-order valence-electron chi connectivity index (χ1n) is 11.6. The van der Waals surface area contributed by atoms with Crippen molar-refractivity contribution in [3.8, 4) is 11.3 Å². The van der Waals surface area contributed by atoms with E-state index in [9.17, 15) is 9.59 Å². The lowest BCUT2D eigenvalue weighted by atomic mass is 10.1. The highest BCUT2D eigenvalue weighted by molar-refractivity contribution is 7.22. The van der Waals surface area contributed by atoms with Crippen LogP contribution in [0.15, 0.2) is 47.3 Å². The summed E-state index contributed by atoms with van der Waals surface area (Å²) in [6, 6.07) is 13.7. The van der Waals surface area contributed by atoms with Gasteiger partial charge in [-0.1, -0.05) is 59.4 Å². The highest BCUT2D eigenvalue weighted by atomic mass is 32.1. The molecule has 2 aromatic carbocycles. The topological polar surface area (TPSA) is 89.3 Å². The Bertz CT molecular complexity index is 1430. The lowest BCUT2D eigenvalue weighted by molar-refractivity contribution is -0.117. The summed E-state index contributed by atoms with van der Waals surface area (Å²) in [6.07, 6.45) is 0. The number of thiazole rings is 1. The number of carbonyl (C=O) groups excluding carboxylic acids is 1. The lowest BCUT2D eigenvalue weighted by Crippen LogP contribution is -2.36. The number of hydrogen-bond acceptors (Lipinski definition) is 7. The van der Waals surface area contributed by atoms with Crippen molar-refractivity contribution < 1.29 is 9.53 Å². The number of rotatable bonds is 5. The third-order valence-electron chi connectivity index (χ3n) is 6.05. The summed E-state index contributed by atoms with van der Waals surface area (Å²) in [7, 11) is 0. The zero-order valence-corrected chi connectivity index (χ0v) is 20.8. The second-order valence-corrected chi connectivity index (χ2v) is 9.75. The van der Waals surface area contributed by atoms with Crippen LogP contribution in [-0.4, -0.2) is 47.0 Å². The molecule has 180 valence electrons. The molecule has 1 amide bonds. The molecule has 0 bridgehead atoms. The number of benzene rings is 2. The molecular weight excluding hydrogens is 462 g/mol. The van der Waals surface area contributed by atoms with E-state index in [0.717, 1.165) is 50.9 Å². The largest absolute Gasteiger partial charge is 0.378 e. The summed E-state index contributed by atoms with van der Waals surface area (Å²) >= 11 is 1.46. The molecule has 3 heterocycles. The van der Waals surface area contributed by atoms with Crippen LogP contribution in [-0.2, 0) is 16.1 Å². The Morgan fingerprint density at radius 1 is 1.09 bits per heavy atom. The van der Waals surface area contributed by atoms with E-state index in [2.05, 4.69) is 15.3 Å². The van der Waals surface area contributed by atoms with E-state index < -0.39 is 0 Å². The van der Waals surface area contributed by atoms with Crippen LogP contribution in [0.2, 0.25) is 0 Å². The average molecular weight is 490 g/mol. The van der Waals surface area contributed by atoms with Crippen molar-refractivity contribution in [3.63, 3.8) is 0 Å².